The maximum Gasteiger partial charge on any atom is 0.320 e. The molecule has 15 heavy (non-hydrogen) atoms. The van der Waals surface area contributed by atoms with Gasteiger partial charge in [-0.1, -0.05) is 12.5 Å². The van der Waals surface area contributed by atoms with E-state index >= 15 is 0 Å². The predicted octanol–water partition coefficient (Wildman–Crippen LogP) is 2.19. The number of nitrogens with zero attached hydrogens (tertiary/aromatic N) is 1. The third-order valence-electron chi connectivity index (χ3n) is 2.84. The molecule has 0 unspecified atom stereocenters. The van der Waals surface area contributed by atoms with Crippen molar-refractivity contribution in [1.29, 1.82) is 0 Å². The third kappa shape index (κ3) is 2.58. The van der Waals surface area contributed by atoms with E-state index in [0.717, 1.165) is 32.4 Å². The average molecular weight is 225 g/mol. The lowest BCUT2D eigenvalue weighted by Crippen LogP contribution is -2.43. The number of carbonyl (C=O) groups is 1. The zero-order valence-electron chi connectivity index (χ0n) is 8.56. The maximum absolute atomic E-state index is 11.1. The summed E-state index contributed by atoms with van der Waals surface area (Å²) < 4.78 is 0. The van der Waals surface area contributed by atoms with Gasteiger partial charge in [0.25, 0.3) is 0 Å². The van der Waals surface area contributed by atoms with E-state index in [9.17, 15) is 4.79 Å². The van der Waals surface area contributed by atoms with Crippen LogP contribution in [-0.4, -0.2) is 28.6 Å². The highest BCUT2D eigenvalue weighted by atomic mass is 32.1. The van der Waals surface area contributed by atoms with Crippen molar-refractivity contribution in [1.82, 2.24) is 4.90 Å². The van der Waals surface area contributed by atoms with E-state index in [1.807, 2.05) is 11.4 Å². The molecule has 0 amide bonds. The van der Waals surface area contributed by atoms with E-state index in [0.29, 0.717) is 0 Å². The number of aliphatic carboxylic acids is 1. The fourth-order valence-corrected chi connectivity index (χ4v) is 2.79. The van der Waals surface area contributed by atoms with Crippen molar-refractivity contribution in [2.24, 2.45) is 0 Å². The van der Waals surface area contributed by atoms with Crippen LogP contribution in [-0.2, 0) is 11.3 Å². The van der Waals surface area contributed by atoms with Gasteiger partial charge in [0.1, 0.15) is 6.04 Å². The van der Waals surface area contributed by atoms with Gasteiger partial charge in [0.05, 0.1) is 0 Å². The second kappa shape index (κ2) is 4.77. The van der Waals surface area contributed by atoms with Gasteiger partial charge in [0.2, 0.25) is 0 Å². The monoisotopic (exact) mass is 225 g/mol. The molecule has 1 aliphatic heterocycles. The summed E-state index contributed by atoms with van der Waals surface area (Å²) >= 11 is 1.70. The number of hydrogen-bond acceptors (Lipinski definition) is 3. The Morgan fingerprint density at radius 1 is 1.60 bits per heavy atom. The summed E-state index contributed by atoms with van der Waals surface area (Å²) in [6, 6.07) is 3.80. The Kier molecular flexibility index (Phi) is 3.38. The minimum absolute atomic E-state index is 0.277. The minimum Gasteiger partial charge on any atom is -0.480 e. The molecule has 0 saturated carbocycles. The Hall–Kier alpha value is -0.870. The van der Waals surface area contributed by atoms with Crippen LogP contribution in [0.3, 0.4) is 0 Å². The number of thiophene rings is 1. The minimum atomic E-state index is -0.675. The quantitative estimate of drug-likeness (QED) is 0.857. The molecule has 1 aromatic rings. The second-order valence-electron chi connectivity index (χ2n) is 3.90. The lowest BCUT2D eigenvalue weighted by Gasteiger charge is -2.32. The van der Waals surface area contributed by atoms with Crippen molar-refractivity contribution in [3.8, 4) is 0 Å². The third-order valence-corrected chi connectivity index (χ3v) is 3.70. The zero-order chi connectivity index (χ0) is 10.7. The highest BCUT2D eigenvalue weighted by Crippen LogP contribution is 2.21. The second-order valence-corrected chi connectivity index (χ2v) is 4.93. The molecule has 1 atom stereocenters. The number of likely N-dealkylation sites (tertiary alicyclic amines) is 1. The molecule has 1 aromatic heterocycles. The van der Waals surface area contributed by atoms with Crippen molar-refractivity contribution < 1.29 is 9.90 Å². The fourth-order valence-electron chi connectivity index (χ4n) is 2.06. The van der Waals surface area contributed by atoms with E-state index in [4.69, 9.17) is 5.11 Å². The molecule has 1 saturated heterocycles. The first-order valence-corrected chi connectivity index (χ1v) is 6.14. The molecule has 0 bridgehead atoms. The molecule has 0 spiro atoms. The normalized spacial score (nSPS) is 22.8. The first kappa shape index (κ1) is 10.6. The highest BCUT2D eigenvalue weighted by Gasteiger charge is 2.28. The molecule has 0 aromatic carbocycles. The largest absolute Gasteiger partial charge is 0.480 e. The molecule has 3 nitrogen and oxygen atoms in total. The van der Waals surface area contributed by atoms with E-state index in [1.54, 1.807) is 11.3 Å². The van der Waals surface area contributed by atoms with Gasteiger partial charge in [-0.2, -0.15) is 0 Å². The van der Waals surface area contributed by atoms with Crippen LogP contribution >= 0.6 is 11.3 Å². The lowest BCUT2D eigenvalue weighted by atomic mass is 10.0. The average Bonchev–Trinajstić information content (AvgIpc) is 2.71. The number of carboxylic acids is 1. The van der Waals surface area contributed by atoms with Crippen LogP contribution in [0.25, 0.3) is 0 Å². The van der Waals surface area contributed by atoms with Gasteiger partial charge >= 0.3 is 5.97 Å². The van der Waals surface area contributed by atoms with Gasteiger partial charge in [0, 0.05) is 11.4 Å². The summed E-state index contributed by atoms with van der Waals surface area (Å²) in [5, 5.41) is 11.1. The molecule has 1 aliphatic rings. The molecular formula is C11H15NO2S. The summed E-state index contributed by atoms with van der Waals surface area (Å²) in [7, 11) is 0. The van der Waals surface area contributed by atoms with E-state index in [2.05, 4.69) is 11.0 Å². The number of hydrogen-bond donors (Lipinski definition) is 1. The van der Waals surface area contributed by atoms with Crippen LogP contribution in [0.1, 0.15) is 24.1 Å². The van der Waals surface area contributed by atoms with Crippen molar-refractivity contribution in [2.45, 2.75) is 31.8 Å². The molecule has 4 heteroatoms. The summed E-state index contributed by atoms with van der Waals surface area (Å²) in [5.74, 6) is -0.675. The summed E-state index contributed by atoms with van der Waals surface area (Å²) in [5.41, 5.74) is 0. The lowest BCUT2D eigenvalue weighted by molar-refractivity contribution is -0.144. The van der Waals surface area contributed by atoms with Gasteiger partial charge in [-0.25, -0.2) is 0 Å². The predicted molar refractivity (Wildman–Crippen MR) is 60.0 cm³/mol. The van der Waals surface area contributed by atoms with Crippen molar-refractivity contribution in [3.05, 3.63) is 22.4 Å². The first-order chi connectivity index (χ1) is 7.27. The Labute approximate surface area is 93.3 Å². The topological polar surface area (TPSA) is 40.5 Å². The molecule has 82 valence electrons. The Morgan fingerprint density at radius 3 is 3.13 bits per heavy atom. The van der Waals surface area contributed by atoms with Crippen LogP contribution in [0.2, 0.25) is 0 Å². The highest BCUT2D eigenvalue weighted by molar-refractivity contribution is 7.09. The number of carboxylic acid groups (broad SMARTS) is 1. The van der Waals surface area contributed by atoms with Crippen molar-refractivity contribution in [3.63, 3.8) is 0 Å². The van der Waals surface area contributed by atoms with E-state index < -0.39 is 5.97 Å². The van der Waals surface area contributed by atoms with E-state index in [1.165, 1.54) is 4.88 Å². The molecule has 2 heterocycles. The molecule has 0 radical (unpaired) electrons. The summed E-state index contributed by atoms with van der Waals surface area (Å²) in [6.07, 6.45) is 2.95. The Bertz CT molecular complexity index is 323. The van der Waals surface area contributed by atoms with Crippen LogP contribution in [0.5, 0.6) is 0 Å². The van der Waals surface area contributed by atoms with Gasteiger partial charge < -0.3 is 5.11 Å². The smallest absolute Gasteiger partial charge is 0.320 e. The zero-order valence-corrected chi connectivity index (χ0v) is 9.37. The van der Waals surface area contributed by atoms with Crippen LogP contribution < -0.4 is 0 Å². The fraction of sp³-hybridized carbons (Fsp3) is 0.545. The standard InChI is InChI=1S/C11H15NO2S/c13-11(14)10-5-1-2-6-12(10)8-9-4-3-7-15-9/h3-4,7,10H,1-2,5-6,8H2,(H,13,14)/t10-/m1/s1. The number of rotatable bonds is 3. The van der Waals surface area contributed by atoms with Gasteiger partial charge in [-0.3, -0.25) is 9.69 Å². The summed E-state index contributed by atoms with van der Waals surface area (Å²) in [4.78, 5) is 14.4. The van der Waals surface area contributed by atoms with Crippen LogP contribution in [0.4, 0.5) is 0 Å². The van der Waals surface area contributed by atoms with Gasteiger partial charge in [0.15, 0.2) is 0 Å². The molecule has 0 aliphatic carbocycles. The first-order valence-electron chi connectivity index (χ1n) is 5.26. The Balaban J connectivity index is 2.02. The van der Waals surface area contributed by atoms with E-state index in [-0.39, 0.29) is 6.04 Å². The molecular weight excluding hydrogens is 210 g/mol. The molecule has 1 N–H and O–H groups in total. The van der Waals surface area contributed by atoms with Crippen LogP contribution in [0, 0.1) is 0 Å². The molecule has 2 rings (SSSR count). The maximum atomic E-state index is 11.1. The Morgan fingerprint density at radius 2 is 2.47 bits per heavy atom. The van der Waals surface area contributed by atoms with Crippen molar-refractivity contribution >= 4 is 17.3 Å². The van der Waals surface area contributed by atoms with Gasteiger partial charge in [-0.15, -0.1) is 11.3 Å². The number of piperidine rings is 1. The molecule has 1 fully saturated rings. The summed E-state index contributed by atoms with van der Waals surface area (Å²) in [6.45, 7) is 1.70. The van der Waals surface area contributed by atoms with Crippen LogP contribution in [0.15, 0.2) is 17.5 Å². The SMILES string of the molecule is O=C(O)[C@H]1CCCCN1Cc1cccs1. The van der Waals surface area contributed by atoms with Crippen molar-refractivity contribution in [2.75, 3.05) is 6.54 Å². The van der Waals surface area contributed by atoms with Gasteiger partial charge in [-0.05, 0) is 30.8 Å².